The predicted molar refractivity (Wildman–Crippen MR) is 55.3 cm³/mol. The molecule has 0 aromatic carbocycles. The lowest BCUT2D eigenvalue weighted by molar-refractivity contribution is -0.125. The zero-order valence-electron chi connectivity index (χ0n) is 9.13. The van der Waals surface area contributed by atoms with Gasteiger partial charge < -0.3 is 11.1 Å². The van der Waals surface area contributed by atoms with Gasteiger partial charge in [0.2, 0.25) is 5.91 Å². The minimum Gasteiger partial charge on any atom is -0.353 e. The fourth-order valence-electron chi connectivity index (χ4n) is 1.10. The summed E-state index contributed by atoms with van der Waals surface area (Å²) in [6.45, 7) is 8.62. The van der Waals surface area contributed by atoms with Crippen LogP contribution in [0.1, 0.15) is 34.1 Å². The molecular formula is C10H22N2O. The van der Waals surface area contributed by atoms with Crippen molar-refractivity contribution in [3.63, 3.8) is 0 Å². The van der Waals surface area contributed by atoms with E-state index in [2.05, 4.69) is 19.2 Å². The van der Waals surface area contributed by atoms with Gasteiger partial charge in [0.25, 0.3) is 0 Å². The first-order chi connectivity index (χ1) is 5.99. The molecule has 0 fully saturated rings. The molecule has 0 spiro atoms. The summed E-state index contributed by atoms with van der Waals surface area (Å²) in [5.74, 6) is 0.623. The predicted octanol–water partition coefficient (Wildman–Crippen LogP) is 1.13. The molecule has 1 unspecified atom stereocenters. The zero-order valence-corrected chi connectivity index (χ0v) is 9.13. The highest BCUT2D eigenvalue weighted by Gasteiger charge is 2.16. The zero-order chi connectivity index (χ0) is 10.4. The van der Waals surface area contributed by atoms with Crippen molar-refractivity contribution in [3.05, 3.63) is 0 Å². The van der Waals surface area contributed by atoms with E-state index in [1.165, 1.54) is 0 Å². The number of carbonyl (C=O) groups is 1. The van der Waals surface area contributed by atoms with Crippen LogP contribution < -0.4 is 11.1 Å². The molecule has 1 amide bonds. The van der Waals surface area contributed by atoms with Gasteiger partial charge in [-0.2, -0.15) is 0 Å². The van der Waals surface area contributed by atoms with Crippen molar-refractivity contribution in [1.82, 2.24) is 5.32 Å². The van der Waals surface area contributed by atoms with Gasteiger partial charge in [-0.1, -0.05) is 27.7 Å². The summed E-state index contributed by atoms with van der Waals surface area (Å²) >= 11 is 0. The summed E-state index contributed by atoms with van der Waals surface area (Å²) in [5.41, 5.74) is 5.47. The molecule has 0 heterocycles. The number of hydrogen-bond donors (Lipinski definition) is 2. The molecule has 3 heteroatoms. The molecular weight excluding hydrogens is 164 g/mol. The van der Waals surface area contributed by atoms with E-state index in [1.54, 1.807) is 0 Å². The quantitative estimate of drug-likeness (QED) is 0.676. The molecule has 0 saturated heterocycles. The Balaban J connectivity index is 4.02. The van der Waals surface area contributed by atoms with Crippen molar-refractivity contribution in [1.29, 1.82) is 0 Å². The number of nitrogens with one attached hydrogen (secondary N) is 1. The molecule has 0 bridgehead atoms. The lowest BCUT2D eigenvalue weighted by Gasteiger charge is -2.22. The number of carbonyl (C=O) groups excluding carboxylic acids is 1. The summed E-state index contributed by atoms with van der Waals surface area (Å²) in [6, 6.07) is 0.222. The number of hydrogen-bond acceptors (Lipinski definition) is 2. The second-order valence-corrected chi connectivity index (χ2v) is 4.09. The van der Waals surface area contributed by atoms with Crippen molar-refractivity contribution in [2.24, 2.45) is 17.6 Å². The minimum atomic E-state index is 0.0547. The Kier molecular flexibility index (Phi) is 5.71. The fraction of sp³-hybridized carbons (Fsp3) is 0.900. The van der Waals surface area contributed by atoms with Crippen molar-refractivity contribution in [3.8, 4) is 0 Å². The van der Waals surface area contributed by atoms with Gasteiger partial charge in [0.15, 0.2) is 0 Å². The summed E-state index contributed by atoms with van der Waals surface area (Å²) in [4.78, 5) is 11.4. The summed E-state index contributed by atoms with van der Waals surface area (Å²) in [5, 5.41) is 3.00. The minimum absolute atomic E-state index is 0.0547. The van der Waals surface area contributed by atoms with Crippen LogP contribution >= 0.6 is 0 Å². The molecule has 1 atom stereocenters. The maximum atomic E-state index is 11.4. The third-order valence-electron chi connectivity index (χ3n) is 2.13. The molecule has 3 nitrogen and oxygen atoms in total. The number of nitrogens with two attached hydrogens (primary N) is 1. The third-order valence-corrected chi connectivity index (χ3v) is 2.13. The monoisotopic (exact) mass is 186 g/mol. The first-order valence-corrected chi connectivity index (χ1v) is 4.99. The Labute approximate surface area is 81.1 Å². The SMILES string of the molecule is CC(C)C(=O)NC(CCN)C(C)C. The Bertz CT molecular complexity index is 155. The molecule has 0 aromatic heterocycles. The molecule has 0 aliphatic carbocycles. The van der Waals surface area contributed by atoms with Gasteiger partial charge in [0, 0.05) is 12.0 Å². The van der Waals surface area contributed by atoms with Gasteiger partial charge >= 0.3 is 0 Å². The van der Waals surface area contributed by atoms with E-state index in [1.807, 2.05) is 13.8 Å². The van der Waals surface area contributed by atoms with E-state index in [-0.39, 0.29) is 17.9 Å². The van der Waals surface area contributed by atoms with Crippen LogP contribution in [0, 0.1) is 11.8 Å². The van der Waals surface area contributed by atoms with Crippen LogP contribution in [0.5, 0.6) is 0 Å². The van der Waals surface area contributed by atoms with Gasteiger partial charge in [-0.3, -0.25) is 4.79 Å². The Morgan fingerprint density at radius 1 is 1.31 bits per heavy atom. The highest BCUT2D eigenvalue weighted by molar-refractivity contribution is 5.78. The molecule has 3 N–H and O–H groups in total. The lowest BCUT2D eigenvalue weighted by Crippen LogP contribution is -2.41. The first kappa shape index (κ1) is 12.4. The topological polar surface area (TPSA) is 55.1 Å². The van der Waals surface area contributed by atoms with Crippen molar-refractivity contribution >= 4 is 5.91 Å². The standard InChI is InChI=1S/C10H22N2O/c1-7(2)9(5-6-11)12-10(13)8(3)4/h7-9H,5-6,11H2,1-4H3,(H,12,13). The van der Waals surface area contributed by atoms with E-state index in [9.17, 15) is 4.79 Å². The Morgan fingerprint density at radius 2 is 1.85 bits per heavy atom. The molecule has 0 saturated carbocycles. The fourth-order valence-corrected chi connectivity index (χ4v) is 1.10. The van der Waals surface area contributed by atoms with Gasteiger partial charge in [0.1, 0.15) is 0 Å². The molecule has 0 aliphatic rings. The largest absolute Gasteiger partial charge is 0.353 e. The molecule has 13 heavy (non-hydrogen) atoms. The number of rotatable bonds is 5. The van der Waals surface area contributed by atoms with Gasteiger partial charge in [0.05, 0.1) is 0 Å². The average Bonchev–Trinajstić information content (AvgIpc) is 2.03. The van der Waals surface area contributed by atoms with Crippen molar-refractivity contribution < 1.29 is 4.79 Å². The van der Waals surface area contributed by atoms with Crippen molar-refractivity contribution in [2.75, 3.05) is 6.54 Å². The van der Waals surface area contributed by atoms with E-state index in [0.717, 1.165) is 6.42 Å². The number of amides is 1. The summed E-state index contributed by atoms with van der Waals surface area (Å²) < 4.78 is 0. The summed E-state index contributed by atoms with van der Waals surface area (Å²) in [6.07, 6.45) is 0.857. The lowest BCUT2D eigenvalue weighted by atomic mass is 10.00. The second kappa shape index (κ2) is 5.97. The highest BCUT2D eigenvalue weighted by atomic mass is 16.1. The van der Waals surface area contributed by atoms with Crippen LogP contribution in [0.25, 0.3) is 0 Å². The molecule has 0 radical (unpaired) electrons. The van der Waals surface area contributed by atoms with Gasteiger partial charge in [-0.05, 0) is 18.9 Å². The van der Waals surface area contributed by atoms with Crippen LogP contribution in [0.2, 0.25) is 0 Å². The van der Waals surface area contributed by atoms with Crippen LogP contribution in [0.4, 0.5) is 0 Å². The van der Waals surface area contributed by atoms with E-state index < -0.39 is 0 Å². The van der Waals surface area contributed by atoms with Crippen LogP contribution in [0.15, 0.2) is 0 Å². The van der Waals surface area contributed by atoms with Crippen molar-refractivity contribution in [2.45, 2.75) is 40.2 Å². The normalized spacial score (nSPS) is 13.5. The third kappa shape index (κ3) is 4.88. The Morgan fingerprint density at radius 3 is 2.15 bits per heavy atom. The smallest absolute Gasteiger partial charge is 0.222 e. The first-order valence-electron chi connectivity index (χ1n) is 4.99. The van der Waals surface area contributed by atoms with Crippen LogP contribution in [0.3, 0.4) is 0 Å². The molecule has 0 rings (SSSR count). The molecule has 0 aliphatic heterocycles. The average molecular weight is 186 g/mol. The maximum absolute atomic E-state index is 11.4. The van der Waals surface area contributed by atoms with Crippen LogP contribution in [-0.4, -0.2) is 18.5 Å². The van der Waals surface area contributed by atoms with E-state index in [0.29, 0.717) is 12.5 Å². The van der Waals surface area contributed by atoms with Gasteiger partial charge in [-0.15, -0.1) is 0 Å². The second-order valence-electron chi connectivity index (χ2n) is 4.09. The molecule has 78 valence electrons. The van der Waals surface area contributed by atoms with E-state index >= 15 is 0 Å². The summed E-state index contributed by atoms with van der Waals surface area (Å²) in [7, 11) is 0. The van der Waals surface area contributed by atoms with E-state index in [4.69, 9.17) is 5.73 Å². The highest BCUT2D eigenvalue weighted by Crippen LogP contribution is 2.06. The van der Waals surface area contributed by atoms with Crippen LogP contribution in [-0.2, 0) is 4.79 Å². The maximum Gasteiger partial charge on any atom is 0.222 e. The molecule has 0 aromatic rings. The Hall–Kier alpha value is -0.570. The van der Waals surface area contributed by atoms with Gasteiger partial charge in [-0.25, -0.2) is 0 Å².